The fraction of sp³-hybridized carbons (Fsp3) is 0.400. The fourth-order valence-electron chi connectivity index (χ4n) is 1.60. The minimum absolute atomic E-state index is 0.140. The molecule has 2 heterocycles. The summed E-state index contributed by atoms with van der Waals surface area (Å²) in [7, 11) is 1.60. The summed E-state index contributed by atoms with van der Waals surface area (Å²) in [5.74, 6) is 0.584. The molecule has 2 aromatic heterocycles. The third-order valence-electron chi connectivity index (χ3n) is 2.18. The molecule has 0 saturated carbocycles. The summed E-state index contributed by atoms with van der Waals surface area (Å²) in [5, 5.41) is 4.10. The second-order valence-corrected chi connectivity index (χ2v) is 3.63. The second-order valence-electron chi connectivity index (χ2n) is 3.63. The molecule has 0 aromatic carbocycles. The SMILES string of the molecule is COc1ncnn2cc(CC(C)N)cc12. The Balaban J connectivity index is 2.45. The third kappa shape index (κ3) is 1.92. The fourth-order valence-corrected chi connectivity index (χ4v) is 1.60. The molecule has 0 fully saturated rings. The highest BCUT2D eigenvalue weighted by atomic mass is 16.5. The molecule has 0 bridgehead atoms. The summed E-state index contributed by atoms with van der Waals surface area (Å²) in [5.41, 5.74) is 7.75. The summed E-state index contributed by atoms with van der Waals surface area (Å²) in [6.07, 6.45) is 4.25. The van der Waals surface area contributed by atoms with E-state index in [1.807, 2.05) is 19.2 Å². The van der Waals surface area contributed by atoms with Gasteiger partial charge in [0.1, 0.15) is 11.8 Å². The topological polar surface area (TPSA) is 65.4 Å². The van der Waals surface area contributed by atoms with Crippen LogP contribution in [0.5, 0.6) is 5.88 Å². The number of aromatic nitrogens is 3. The molecule has 0 amide bonds. The second kappa shape index (κ2) is 3.86. The van der Waals surface area contributed by atoms with E-state index in [0.29, 0.717) is 5.88 Å². The number of rotatable bonds is 3. The predicted octanol–water partition coefficient (Wildman–Crippen LogP) is 0.628. The molecular weight excluding hydrogens is 192 g/mol. The Kier molecular flexibility index (Phi) is 2.55. The lowest BCUT2D eigenvalue weighted by atomic mass is 10.1. The maximum Gasteiger partial charge on any atom is 0.241 e. The lowest BCUT2D eigenvalue weighted by molar-refractivity contribution is 0.399. The van der Waals surface area contributed by atoms with Crippen molar-refractivity contribution in [2.45, 2.75) is 19.4 Å². The molecule has 1 unspecified atom stereocenters. The summed E-state index contributed by atoms with van der Waals surface area (Å²) >= 11 is 0. The van der Waals surface area contributed by atoms with Gasteiger partial charge in [-0.1, -0.05) is 0 Å². The van der Waals surface area contributed by atoms with E-state index in [1.165, 1.54) is 6.33 Å². The van der Waals surface area contributed by atoms with E-state index in [9.17, 15) is 0 Å². The largest absolute Gasteiger partial charge is 0.479 e. The minimum atomic E-state index is 0.140. The van der Waals surface area contributed by atoms with Crippen LogP contribution in [0.2, 0.25) is 0 Å². The molecule has 1 atom stereocenters. The number of fused-ring (bicyclic) bond motifs is 1. The van der Waals surface area contributed by atoms with Gasteiger partial charge in [0.2, 0.25) is 5.88 Å². The van der Waals surface area contributed by atoms with Crippen molar-refractivity contribution in [1.82, 2.24) is 14.6 Å². The van der Waals surface area contributed by atoms with Gasteiger partial charge in [0, 0.05) is 12.2 Å². The highest BCUT2D eigenvalue weighted by molar-refractivity contribution is 5.57. The minimum Gasteiger partial charge on any atom is -0.479 e. The zero-order valence-corrected chi connectivity index (χ0v) is 8.84. The molecule has 2 aromatic rings. The highest BCUT2D eigenvalue weighted by Crippen LogP contribution is 2.18. The number of nitrogens with two attached hydrogens (primary N) is 1. The molecule has 2 rings (SSSR count). The summed E-state index contributed by atoms with van der Waals surface area (Å²) in [6.45, 7) is 1.98. The molecule has 0 aliphatic rings. The first-order valence-corrected chi connectivity index (χ1v) is 4.82. The molecular formula is C10H14N4O. The molecule has 0 spiro atoms. The average molecular weight is 206 g/mol. The van der Waals surface area contributed by atoms with Gasteiger partial charge in [-0.25, -0.2) is 4.52 Å². The van der Waals surface area contributed by atoms with Gasteiger partial charge in [-0.3, -0.25) is 0 Å². The van der Waals surface area contributed by atoms with E-state index in [-0.39, 0.29) is 6.04 Å². The number of ether oxygens (including phenoxy) is 1. The Hall–Kier alpha value is -1.62. The van der Waals surface area contributed by atoms with Crippen molar-refractivity contribution in [1.29, 1.82) is 0 Å². The van der Waals surface area contributed by atoms with E-state index < -0.39 is 0 Å². The van der Waals surface area contributed by atoms with Crippen molar-refractivity contribution < 1.29 is 4.74 Å². The van der Waals surface area contributed by atoms with Crippen molar-refractivity contribution in [2.24, 2.45) is 5.73 Å². The van der Waals surface area contributed by atoms with Gasteiger partial charge in [-0.05, 0) is 25.0 Å². The van der Waals surface area contributed by atoms with Gasteiger partial charge in [-0.2, -0.15) is 10.1 Å². The molecule has 15 heavy (non-hydrogen) atoms. The average Bonchev–Trinajstić information content (AvgIpc) is 2.58. The maximum atomic E-state index is 5.74. The van der Waals surface area contributed by atoms with Crippen molar-refractivity contribution in [3.63, 3.8) is 0 Å². The number of nitrogens with zero attached hydrogens (tertiary/aromatic N) is 3. The Morgan fingerprint density at radius 1 is 1.60 bits per heavy atom. The molecule has 0 saturated heterocycles. The van der Waals surface area contributed by atoms with Crippen LogP contribution < -0.4 is 10.5 Å². The van der Waals surface area contributed by atoms with Gasteiger partial charge in [0.25, 0.3) is 0 Å². The molecule has 0 radical (unpaired) electrons. The third-order valence-corrected chi connectivity index (χ3v) is 2.18. The Bertz CT molecular complexity index is 463. The lowest BCUT2D eigenvalue weighted by Gasteiger charge is -1.99. The zero-order valence-electron chi connectivity index (χ0n) is 8.84. The maximum absolute atomic E-state index is 5.74. The number of methoxy groups -OCH3 is 1. The van der Waals surface area contributed by atoms with E-state index in [1.54, 1.807) is 11.6 Å². The first kappa shape index (κ1) is 9.92. The molecule has 80 valence electrons. The van der Waals surface area contributed by atoms with Crippen LogP contribution in [0.4, 0.5) is 0 Å². The van der Waals surface area contributed by atoms with Crippen LogP contribution in [0.25, 0.3) is 5.52 Å². The van der Waals surface area contributed by atoms with Gasteiger partial charge in [-0.15, -0.1) is 0 Å². The van der Waals surface area contributed by atoms with E-state index in [4.69, 9.17) is 10.5 Å². The van der Waals surface area contributed by atoms with Crippen LogP contribution in [0, 0.1) is 0 Å². The first-order valence-electron chi connectivity index (χ1n) is 4.82. The van der Waals surface area contributed by atoms with E-state index in [0.717, 1.165) is 17.5 Å². The predicted molar refractivity (Wildman–Crippen MR) is 56.9 cm³/mol. The standard InChI is InChI=1S/C10H14N4O/c1-7(11)3-8-4-9-10(15-2)12-6-13-14(9)5-8/h4-7H,3,11H2,1-2H3. The number of hydrogen-bond donors (Lipinski definition) is 1. The molecule has 2 N–H and O–H groups in total. The van der Waals surface area contributed by atoms with Crippen molar-refractivity contribution in [3.05, 3.63) is 24.2 Å². The van der Waals surface area contributed by atoms with Crippen LogP contribution in [0.3, 0.4) is 0 Å². The van der Waals surface area contributed by atoms with E-state index >= 15 is 0 Å². The van der Waals surface area contributed by atoms with Crippen molar-refractivity contribution >= 4 is 5.52 Å². The normalized spacial score (nSPS) is 13.0. The van der Waals surface area contributed by atoms with Crippen LogP contribution in [-0.4, -0.2) is 27.7 Å². The Morgan fingerprint density at radius 3 is 3.07 bits per heavy atom. The monoisotopic (exact) mass is 206 g/mol. The molecule has 0 aliphatic heterocycles. The quantitative estimate of drug-likeness (QED) is 0.799. The molecule has 0 aliphatic carbocycles. The summed E-state index contributed by atoms with van der Waals surface area (Å²) in [6, 6.07) is 2.14. The highest BCUT2D eigenvalue weighted by Gasteiger charge is 2.07. The smallest absolute Gasteiger partial charge is 0.241 e. The van der Waals surface area contributed by atoms with Crippen molar-refractivity contribution in [3.8, 4) is 5.88 Å². The molecule has 5 nitrogen and oxygen atoms in total. The van der Waals surface area contributed by atoms with Crippen LogP contribution >= 0.6 is 0 Å². The Morgan fingerprint density at radius 2 is 2.40 bits per heavy atom. The van der Waals surface area contributed by atoms with Gasteiger partial charge < -0.3 is 10.5 Å². The van der Waals surface area contributed by atoms with Crippen LogP contribution in [0.1, 0.15) is 12.5 Å². The number of hydrogen-bond acceptors (Lipinski definition) is 4. The first-order chi connectivity index (χ1) is 7.20. The van der Waals surface area contributed by atoms with Crippen LogP contribution in [0.15, 0.2) is 18.6 Å². The summed E-state index contributed by atoms with van der Waals surface area (Å²) in [4.78, 5) is 4.03. The Labute approximate surface area is 87.9 Å². The van der Waals surface area contributed by atoms with Crippen LogP contribution in [-0.2, 0) is 6.42 Å². The lowest BCUT2D eigenvalue weighted by Crippen LogP contribution is -2.17. The van der Waals surface area contributed by atoms with E-state index in [2.05, 4.69) is 10.1 Å². The van der Waals surface area contributed by atoms with Crippen molar-refractivity contribution in [2.75, 3.05) is 7.11 Å². The van der Waals surface area contributed by atoms with Gasteiger partial charge in [0.05, 0.1) is 7.11 Å². The van der Waals surface area contributed by atoms with Gasteiger partial charge >= 0.3 is 0 Å². The molecule has 5 heteroatoms. The zero-order chi connectivity index (χ0) is 10.8. The van der Waals surface area contributed by atoms with Gasteiger partial charge in [0.15, 0.2) is 0 Å². The summed E-state index contributed by atoms with van der Waals surface area (Å²) < 4.78 is 6.90.